The molecule has 0 aliphatic carbocycles. The third-order valence-electron chi connectivity index (χ3n) is 2.69. The van der Waals surface area contributed by atoms with Crippen molar-refractivity contribution < 1.29 is 13.2 Å². The van der Waals surface area contributed by atoms with E-state index in [-0.39, 0.29) is 22.7 Å². The monoisotopic (exact) mass is 283 g/mol. The summed E-state index contributed by atoms with van der Waals surface area (Å²) in [6.45, 7) is 1.69. The molecule has 0 saturated carbocycles. The van der Waals surface area contributed by atoms with E-state index in [0.29, 0.717) is 5.69 Å². The predicted octanol–water partition coefficient (Wildman–Crippen LogP) is 1.45. The van der Waals surface area contributed by atoms with Crippen LogP contribution in [0.1, 0.15) is 11.4 Å². The SMILES string of the molecule is Cc1cc(-n2nc(C(F)(F)F)c3c(N)[nH]nc32)ncn1. The van der Waals surface area contributed by atoms with E-state index in [9.17, 15) is 13.2 Å². The smallest absolute Gasteiger partial charge is 0.383 e. The first-order valence-corrected chi connectivity index (χ1v) is 5.46. The van der Waals surface area contributed by atoms with Gasteiger partial charge in [-0.25, -0.2) is 9.97 Å². The standard InChI is InChI=1S/C10H8F3N7/c1-4-2-5(16-3-15-4)20-9-6(8(14)17-18-9)7(19-20)10(11,12)13/h2-3H,1H3,(H3,14,17,18). The Morgan fingerprint density at radius 1 is 1.30 bits per heavy atom. The lowest BCUT2D eigenvalue weighted by molar-refractivity contribution is -0.140. The van der Waals surface area contributed by atoms with Crippen LogP contribution in [0.15, 0.2) is 12.4 Å². The second kappa shape index (κ2) is 3.92. The van der Waals surface area contributed by atoms with Crippen molar-refractivity contribution in [3.63, 3.8) is 0 Å². The molecule has 0 bridgehead atoms. The van der Waals surface area contributed by atoms with Crippen LogP contribution in [0.4, 0.5) is 19.0 Å². The first-order valence-electron chi connectivity index (χ1n) is 5.46. The van der Waals surface area contributed by atoms with Crippen LogP contribution in [0.3, 0.4) is 0 Å². The van der Waals surface area contributed by atoms with Gasteiger partial charge < -0.3 is 5.73 Å². The number of nitrogen functional groups attached to an aromatic ring is 1. The molecule has 3 aromatic rings. The molecule has 0 atom stereocenters. The largest absolute Gasteiger partial charge is 0.436 e. The molecule has 3 rings (SSSR count). The Balaban J connectivity index is 2.33. The molecule has 0 unspecified atom stereocenters. The fourth-order valence-corrected chi connectivity index (χ4v) is 1.84. The molecule has 0 aromatic carbocycles. The quantitative estimate of drug-likeness (QED) is 0.704. The number of hydrogen-bond acceptors (Lipinski definition) is 5. The summed E-state index contributed by atoms with van der Waals surface area (Å²) < 4.78 is 39.9. The van der Waals surface area contributed by atoms with Gasteiger partial charge in [-0.15, -0.1) is 0 Å². The van der Waals surface area contributed by atoms with Gasteiger partial charge in [0.15, 0.2) is 17.2 Å². The van der Waals surface area contributed by atoms with Gasteiger partial charge in [-0.3, -0.25) is 5.10 Å². The van der Waals surface area contributed by atoms with Crippen LogP contribution in [0.25, 0.3) is 16.9 Å². The first-order chi connectivity index (χ1) is 9.38. The molecule has 10 heteroatoms. The van der Waals surface area contributed by atoms with Gasteiger partial charge in [-0.05, 0) is 6.92 Å². The Morgan fingerprint density at radius 2 is 2.05 bits per heavy atom. The third kappa shape index (κ3) is 1.76. The van der Waals surface area contributed by atoms with Crippen molar-refractivity contribution in [2.24, 2.45) is 0 Å². The summed E-state index contributed by atoms with van der Waals surface area (Å²) in [5, 5.41) is 9.33. The second-order valence-electron chi connectivity index (χ2n) is 4.11. The predicted molar refractivity (Wildman–Crippen MR) is 63.0 cm³/mol. The van der Waals surface area contributed by atoms with E-state index in [1.807, 2.05) is 0 Å². The number of hydrogen-bond donors (Lipinski definition) is 2. The highest BCUT2D eigenvalue weighted by atomic mass is 19.4. The van der Waals surface area contributed by atoms with Crippen molar-refractivity contribution in [3.8, 4) is 5.82 Å². The van der Waals surface area contributed by atoms with Crippen LogP contribution in [-0.4, -0.2) is 29.9 Å². The molecular formula is C10H8F3N7. The van der Waals surface area contributed by atoms with Gasteiger partial charge in [0, 0.05) is 11.8 Å². The Labute approximate surface area is 109 Å². The molecule has 3 aromatic heterocycles. The van der Waals surface area contributed by atoms with E-state index in [1.54, 1.807) is 6.92 Å². The maximum atomic E-state index is 13.0. The number of anilines is 1. The van der Waals surface area contributed by atoms with Gasteiger partial charge in [-0.2, -0.15) is 28.1 Å². The highest BCUT2D eigenvalue weighted by molar-refractivity contribution is 5.90. The number of rotatable bonds is 1. The van der Waals surface area contributed by atoms with Crippen LogP contribution in [-0.2, 0) is 6.18 Å². The molecule has 0 aliphatic rings. The first kappa shape index (κ1) is 12.4. The van der Waals surface area contributed by atoms with Crippen LogP contribution >= 0.6 is 0 Å². The zero-order chi connectivity index (χ0) is 14.5. The van der Waals surface area contributed by atoms with Crippen molar-refractivity contribution in [1.29, 1.82) is 0 Å². The van der Waals surface area contributed by atoms with E-state index >= 15 is 0 Å². The summed E-state index contributed by atoms with van der Waals surface area (Å²) in [4.78, 5) is 7.77. The van der Waals surface area contributed by atoms with Gasteiger partial charge in [0.05, 0.1) is 5.39 Å². The number of halogens is 3. The van der Waals surface area contributed by atoms with Gasteiger partial charge in [0.2, 0.25) is 0 Å². The summed E-state index contributed by atoms with van der Waals surface area (Å²) in [5.41, 5.74) is 4.95. The average molecular weight is 283 g/mol. The van der Waals surface area contributed by atoms with Crippen molar-refractivity contribution in [2.45, 2.75) is 13.1 Å². The van der Waals surface area contributed by atoms with Gasteiger partial charge >= 0.3 is 6.18 Å². The molecule has 0 saturated heterocycles. The molecular weight excluding hydrogens is 275 g/mol. The van der Waals surface area contributed by atoms with Crippen LogP contribution in [0.5, 0.6) is 0 Å². The maximum Gasteiger partial charge on any atom is 0.436 e. The molecule has 0 fully saturated rings. The Bertz CT molecular complexity index is 786. The molecule has 0 amide bonds. The fourth-order valence-electron chi connectivity index (χ4n) is 1.84. The minimum Gasteiger partial charge on any atom is -0.383 e. The average Bonchev–Trinajstić information content (AvgIpc) is 2.90. The van der Waals surface area contributed by atoms with Crippen molar-refractivity contribution >= 4 is 16.9 Å². The van der Waals surface area contributed by atoms with Crippen molar-refractivity contribution in [2.75, 3.05) is 5.73 Å². The molecule has 104 valence electrons. The topological polar surface area (TPSA) is 98.3 Å². The van der Waals surface area contributed by atoms with E-state index < -0.39 is 11.9 Å². The molecule has 3 N–H and O–H groups in total. The number of alkyl halides is 3. The molecule has 7 nitrogen and oxygen atoms in total. The van der Waals surface area contributed by atoms with E-state index in [1.165, 1.54) is 12.4 Å². The van der Waals surface area contributed by atoms with E-state index in [2.05, 4.69) is 25.3 Å². The molecule has 3 heterocycles. The summed E-state index contributed by atoms with van der Waals surface area (Å²) >= 11 is 0. The fraction of sp³-hybridized carbons (Fsp3) is 0.200. The zero-order valence-electron chi connectivity index (χ0n) is 10.1. The Hall–Kier alpha value is -2.65. The van der Waals surface area contributed by atoms with E-state index in [0.717, 1.165) is 4.68 Å². The molecule has 20 heavy (non-hydrogen) atoms. The van der Waals surface area contributed by atoms with E-state index in [4.69, 9.17) is 5.73 Å². The number of nitrogens with two attached hydrogens (primary N) is 1. The van der Waals surface area contributed by atoms with Crippen molar-refractivity contribution in [3.05, 3.63) is 23.8 Å². The number of aromatic amines is 1. The lowest BCUT2D eigenvalue weighted by atomic mass is 10.3. The number of aromatic nitrogens is 6. The Kier molecular flexibility index (Phi) is 2.43. The van der Waals surface area contributed by atoms with Gasteiger partial charge in [0.25, 0.3) is 0 Å². The zero-order valence-corrected chi connectivity index (χ0v) is 10.1. The molecule has 0 spiro atoms. The summed E-state index contributed by atoms with van der Waals surface area (Å²) in [5.74, 6) is -0.00569. The van der Waals surface area contributed by atoms with Crippen molar-refractivity contribution in [1.82, 2.24) is 29.9 Å². The molecule has 0 radical (unpaired) electrons. The van der Waals surface area contributed by atoms with Crippen LogP contribution < -0.4 is 5.73 Å². The Morgan fingerprint density at radius 3 is 2.70 bits per heavy atom. The number of fused-ring (bicyclic) bond motifs is 1. The summed E-state index contributed by atoms with van der Waals surface area (Å²) in [6, 6.07) is 1.50. The normalized spacial score (nSPS) is 12.2. The van der Waals surface area contributed by atoms with Crippen LogP contribution in [0.2, 0.25) is 0 Å². The minimum absolute atomic E-state index is 0.0343. The number of nitrogens with one attached hydrogen (secondary N) is 1. The third-order valence-corrected chi connectivity index (χ3v) is 2.69. The van der Waals surface area contributed by atoms with Crippen LogP contribution in [0, 0.1) is 6.92 Å². The summed E-state index contributed by atoms with van der Waals surface area (Å²) in [7, 11) is 0. The summed E-state index contributed by atoms with van der Waals surface area (Å²) in [6.07, 6.45) is -3.40. The van der Waals surface area contributed by atoms with Gasteiger partial charge in [0.1, 0.15) is 12.1 Å². The molecule has 0 aliphatic heterocycles. The lowest BCUT2D eigenvalue weighted by Gasteiger charge is -2.03. The highest BCUT2D eigenvalue weighted by Gasteiger charge is 2.39. The maximum absolute atomic E-state index is 13.0. The van der Waals surface area contributed by atoms with Gasteiger partial charge in [-0.1, -0.05) is 0 Å². The highest BCUT2D eigenvalue weighted by Crippen LogP contribution is 2.36. The number of H-pyrrole nitrogens is 1. The number of nitrogens with zero attached hydrogens (tertiary/aromatic N) is 5. The lowest BCUT2D eigenvalue weighted by Crippen LogP contribution is -2.09. The number of aryl methyl sites for hydroxylation is 1. The minimum atomic E-state index is -4.64. The second-order valence-corrected chi connectivity index (χ2v) is 4.11.